The molecule has 2 aromatic carbocycles. The Kier molecular flexibility index (Phi) is 6.50. The molecule has 2 rings (SSSR count). The van der Waals surface area contributed by atoms with Gasteiger partial charge < -0.3 is 19.9 Å². The number of nitrogens with two attached hydrogens (primary N) is 1. The van der Waals surface area contributed by atoms with Crippen LogP contribution in [0.15, 0.2) is 48.5 Å². The van der Waals surface area contributed by atoms with E-state index in [9.17, 15) is 0 Å². The SMILES string of the molecule is CCOc1ccc(OC(C)(CCN)c2ccc(OCC)cc2)cc1. The number of ether oxygens (including phenoxy) is 3. The van der Waals surface area contributed by atoms with Crippen molar-refractivity contribution in [3.05, 3.63) is 54.1 Å². The van der Waals surface area contributed by atoms with E-state index < -0.39 is 5.60 Å². The third-order valence-corrected chi connectivity index (χ3v) is 3.88. The zero-order chi connectivity index (χ0) is 17.4. The van der Waals surface area contributed by atoms with Crippen molar-refractivity contribution in [2.75, 3.05) is 19.8 Å². The predicted molar refractivity (Wildman–Crippen MR) is 96.9 cm³/mol. The van der Waals surface area contributed by atoms with Gasteiger partial charge in [0.1, 0.15) is 22.8 Å². The van der Waals surface area contributed by atoms with Gasteiger partial charge in [-0.1, -0.05) is 12.1 Å². The molecule has 1 unspecified atom stereocenters. The van der Waals surface area contributed by atoms with Crippen molar-refractivity contribution in [2.45, 2.75) is 32.8 Å². The van der Waals surface area contributed by atoms with E-state index in [0.717, 1.165) is 22.8 Å². The molecule has 130 valence electrons. The lowest BCUT2D eigenvalue weighted by molar-refractivity contribution is 0.0795. The highest BCUT2D eigenvalue weighted by molar-refractivity contribution is 5.35. The van der Waals surface area contributed by atoms with Gasteiger partial charge in [-0.05, 0) is 69.3 Å². The fourth-order valence-corrected chi connectivity index (χ4v) is 2.63. The number of hydrogen-bond donors (Lipinski definition) is 1. The number of rotatable bonds is 9. The Balaban J connectivity index is 2.19. The Morgan fingerprint density at radius 3 is 1.71 bits per heavy atom. The summed E-state index contributed by atoms with van der Waals surface area (Å²) < 4.78 is 17.3. The van der Waals surface area contributed by atoms with Crippen LogP contribution in [0.25, 0.3) is 0 Å². The Morgan fingerprint density at radius 2 is 1.25 bits per heavy atom. The van der Waals surface area contributed by atoms with Gasteiger partial charge >= 0.3 is 0 Å². The Morgan fingerprint density at radius 1 is 0.792 bits per heavy atom. The number of hydrogen-bond acceptors (Lipinski definition) is 4. The fourth-order valence-electron chi connectivity index (χ4n) is 2.63. The molecule has 0 radical (unpaired) electrons. The second-order valence-corrected chi connectivity index (χ2v) is 5.73. The fraction of sp³-hybridized carbons (Fsp3) is 0.400. The maximum atomic E-state index is 6.29. The van der Waals surface area contributed by atoms with Crippen molar-refractivity contribution >= 4 is 0 Å². The second-order valence-electron chi connectivity index (χ2n) is 5.73. The minimum absolute atomic E-state index is 0.493. The first-order chi connectivity index (χ1) is 11.6. The molecule has 0 saturated heterocycles. The van der Waals surface area contributed by atoms with Crippen LogP contribution in [-0.2, 0) is 5.60 Å². The molecule has 0 spiro atoms. The summed E-state index contributed by atoms with van der Waals surface area (Å²) in [5.41, 5.74) is 6.40. The molecule has 0 aliphatic rings. The maximum Gasteiger partial charge on any atom is 0.132 e. The largest absolute Gasteiger partial charge is 0.494 e. The maximum absolute atomic E-state index is 6.29. The predicted octanol–water partition coefficient (Wildman–Crippen LogP) is 4.13. The molecule has 1 atom stereocenters. The summed E-state index contributed by atoms with van der Waals surface area (Å²) in [6.07, 6.45) is 0.716. The Hall–Kier alpha value is -2.20. The summed E-state index contributed by atoms with van der Waals surface area (Å²) in [5, 5.41) is 0. The molecule has 2 N–H and O–H groups in total. The van der Waals surface area contributed by atoms with Crippen LogP contribution in [0, 0.1) is 0 Å². The summed E-state index contributed by atoms with van der Waals surface area (Å²) >= 11 is 0. The molecule has 0 aromatic heterocycles. The molecule has 0 aliphatic carbocycles. The van der Waals surface area contributed by atoms with E-state index in [1.54, 1.807) is 0 Å². The number of benzene rings is 2. The molecule has 0 bridgehead atoms. The average molecular weight is 329 g/mol. The highest BCUT2D eigenvalue weighted by Crippen LogP contribution is 2.32. The van der Waals surface area contributed by atoms with Gasteiger partial charge in [-0.2, -0.15) is 0 Å². The van der Waals surface area contributed by atoms with E-state index in [2.05, 4.69) is 6.92 Å². The van der Waals surface area contributed by atoms with Crippen LogP contribution in [0.1, 0.15) is 32.8 Å². The van der Waals surface area contributed by atoms with Crippen molar-refractivity contribution in [1.82, 2.24) is 0 Å². The van der Waals surface area contributed by atoms with Crippen LogP contribution >= 0.6 is 0 Å². The van der Waals surface area contributed by atoms with E-state index in [1.807, 2.05) is 62.4 Å². The molecule has 4 nitrogen and oxygen atoms in total. The van der Waals surface area contributed by atoms with Gasteiger partial charge in [-0.15, -0.1) is 0 Å². The first-order valence-electron chi connectivity index (χ1n) is 8.46. The van der Waals surface area contributed by atoms with E-state index in [1.165, 1.54) is 0 Å². The minimum atomic E-state index is -0.493. The average Bonchev–Trinajstić information content (AvgIpc) is 2.58. The Labute approximate surface area is 144 Å². The van der Waals surface area contributed by atoms with Crippen LogP contribution in [0.5, 0.6) is 17.2 Å². The van der Waals surface area contributed by atoms with Crippen LogP contribution in [0.4, 0.5) is 0 Å². The summed E-state index contributed by atoms with van der Waals surface area (Å²) in [7, 11) is 0. The quantitative estimate of drug-likeness (QED) is 0.751. The van der Waals surface area contributed by atoms with Crippen molar-refractivity contribution in [2.24, 2.45) is 5.73 Å². The third-order valence-electron chi connectivity index (χ3n) is 3.88. The highest BCUT2D eigenvalue weighted by Gasteiger charge is 2.28. The first-order valence-corrected chi connectivity index (χ1v) is 8.46. The Bertz CT molecular complexity index is 610. The third kappa shape index (κ3) is 4.65. The highest BCUT2D eigenvalue weighted by atomic mass is 16.5. The van der Waals surface area contributed by atoms with E-state index in [-0.39, 0.29) is 0 Å². The van der Waals surface area contributed by atoms with Gasteiger partial charge in [0.25, 0.3) is 0 Å². The lowest BCUT2D eigenvalue weighted by Gasteiger charge is -2.31. The molecule has 0 saturated carbocycles. The first kappa shape index (κ1) is 18.1. The summed E-state index contributed by atoms with van der Waals surface area (Å²) in [6, 6.07) is 15.7. The van der Waals surface area contributed by atoms with Gasteiger partial charge in [0.15, 0.2) is 0 Å². The molecule has 0 fully saturated rings. The molecule has 24 heavy (non-hydrogen) atoms. The standard InChI is InChI=1S/C20H27NO3/c1-4-22-17-8-6-16(7-9-17)20(3,14-15-21)24-19-12-10-18(11-13-19)23-5-2/h6-13H,4-5,14-15,21H2,1-3H3. The van der Waals surface area contributed by atoms with Gasteiger partial charge in [0.05, 0.1) is 13.2 Å². The van der Waals surface area contributed by atoms with Crippen LogP contribution in [0.3, 0.4) is 0 Å². The monoisotopic (exact) mass is 329 g/mol. The van der Waals surface area contributed by atoms with Crippen LogP contribution in [0.2, 0.25) is 0 Å². The molecule has 0 amide bonds. The summed E-state index contributed by atoms with van der Waals surface area (Å²) in [5.74, 6) is 2.49. The zero-order valence-electron chi connectivity index (χ0n) is 14.7. The van der Waals surface area contributed by atoms with Crippen molar-refractivity contribution in [3.63, 3.8) is 0 Å². The zero-order valence-corrected chi connectivity index (χ0v) is 14.7. The van der Waals surface area contributed by atoms with Crippen molar-refractivity contribution in [1.29, 1.82) is 0 Å². The normalized spacial score (nSPS) is 13.2. The molecule has 0 aliphatic heterocycles. The molecule has 0 heterocycles. The molecular weight excluding hydrogens is 302 g/mol. The van der Waals surface area contributed by atoms with E-state index in [4.69, 9.17) is 19.9 Å². The molecule has 4 heteroatoms. The minimum Gasteiger partial charge on any atom is -0.494 e. The molecule has 2 aromatic rings. The van der Waals surface area contributed by atoms with Gasteiger partial charge in [-0.25, -0.2) is 0 Å². The van der Waals surface area contributed by atoms with Crippen LogP contribution in [-0.4, -0.2) is 19.8 Å². The summed E-state index contributed by atoms with van der Waals surface area (Å²) in [4.78, 5) is 0. The van der Waals surface area contributed by atoms with E-state index >= 15 is 0 Å². The smallest absolute Gasteiger partial charge is 0.132 e. The van der Waals surface area contributed by atoms with E-state index in [0.29, 0.717) is 26.2 Å². The summed E-state index contributed by atoms with van der Waals surface area (Å²) in [6.45, 7) is 7.85. The second kappa shape index (κ2) is 8.60. The topological polar surface area (TPSA) is 53.7 Å². The lowest BCUT2D eigenvalue weighted by atomic mass is 9.92. The van der Waals surface area contributed by atoms with Gasteiger partial charge in [0, 0.05) is 6.42 Å². The van der Waals surface area contributed by atoms with Crippen LogP contribution < -0.4 is 19.9 Å². The van der Waals surface area contributed by atoms with Crippen molar-refractivity contribution in [3.8, 4) is 17.2 Å². The van der Waals surface area contributed by atoms with Gasteiger partial charge in [0.2, 0.25) is 0 Å². The lowest BCUT2D eigenvalue weighted by Crippen LogP contribution is -2.32. The molecular formula is C20H27NO3. The van der Waals surface area contributed by atoms with Crippen molar-refractivity contribution < 1.29 is 14.2 Å². The van der Waals surface area contributed by atoms with Gasteiger partial charge in [-0.3, -0.25) is 0 Å².